The molecule has 0 radical (unpaired) electrons. The van der Waals surface area contributed by atoms with Crippen molar-refractivity contribution in [2.75, 3.05) is 7.05 Å². The van der Waals surface area contributed by atoms with Crippen LogP contribution in [0.1, 0.15) is 44.1 Å². The van der Waals surface area contributed by atoms with Crippen molar-refractivity contribution in [1.82, 2.24) is 15.1 Å². The van der Waals surface area contributed by atoms with E-state index in [9.17, 15) is 0 Å². The predicted octanol–water partition coefficient (Wildman–Crippen LogP) is 2.05. The van der Waals surface area contributed by atoms with Gasteiger partial charge in [-0.2, -0.15) is 5.10 Å². The molecule has 0 aliphatic carbocycles. The summed E-state index contributed by atoms with van der Waals surface area (Å²) in [5, 5.41) is 7.79. The molecule has 0 saturated heterocycles. The summed E-state index contributed by atoms with van der Waals surface area (Å²) in [5.41, 5.74) is 2.40. The summed E-state index contributed by atoms with van der Waals surface area (Å²) in [6, 6.07) is 2.53. The van der Waals surface area contributed by atoms with Crippen molar-refractivity contribution in [3.05, 3.63) is 17.5 Å². The Bertz CT molecular complexity index is 382. The Balaban J connectivity index is 2.76. The summed E-state index contributed by atoms with van der Waals surface area (Å²) in [6.07, 6.45) is 2.94. The molecule has 0 saturated carbocycles. The lowest BCUT2D eigenvalue weighted by Crippen LogP contribution is -2.19. The molecule has 0 bridgehead atoms. The van der Waals surface area contributed by atoms with Crippen LogP contribution in [0, 0.1) is 11.8 Å². The topological polar surface area (TPSA) is 29.9 Å². The van der Waals surface area contributed by atoms with E-state index in [1.165, 1.54) is 5.69 Å². The second kappa shape index (κ2) is 6.34. The molecule has 0 amide bonds. The van der Waals surface area contributed by atoms with Crippen molar-refractivity contribution < 1.29 is 0 Å². The summed E-state index contributed by atoms with van der Waals surface area (Å²) in [5.74, 6) is 6.03. The van der Waals surface area contributed by atoms with Gasteiger partial charge in [0, 0.05) is 19.5 Å². The molecule has 1 heterocycles. The van der Waals surface area contributed by atoms with E-state index in [2.05, 4.69) is 35.2 Å². The lowest BCUT2D eigenvalue weighted by atomic mass is 10.1. The van der Waals surface area contributed by atoms with Gasteiger partial charge in [0.05, 0.1) is 11.4 Å². The summed E-state index contributed by atoms with van der Waals surface area (Å²) in [4.78, 5) is 0. The smallest absolute Gasteiger partial charge is 0.0625 e. The van der Waals surface area contributed by atoms with E-state index in [0.29, 0.717) is 6.04 Å². The van der Waals surface area contributed by atoms with Crippen LogP contribution in [0.2, 0.25) is 0 Å². The lowest BCUT2D eigenvalue weighted by molar-refractivity contribution is 0.512. The molecule has 0 fully saturated rings. The van der Waals surface area contributed by atoms with Gasteiger partial charge < -0.3 is 5.32 Å². The van der Waals surface area contributed by atoms with Crippen LogP contribution >= 0.6 is 0 Å². The van der Waals surface area contributed by atoms with E-state index in [1.54, 1.807) is 0 Å². The number of hydrogen-bond acceptors (Lipinski definition) is 2. The Labute approximate surface area is 98.2 Å². The minimum absolute atomic E-state index is 0.346. The highest BCUT2D eigenvalue weighted by Crippen LogP contribution is 2.18. The maximum Gasteiger partial charge on any atom is 0.0625 e. The van der Waals surface area contributed by atoms with Gasteiger partial charge in [0.2, 0.25) is 0 Å². The van der Waals surface area contributed by atoms with Crippen LogP contribution in [0.3, 0.4) is 0 Å². The van der Waals surface area contributed by atoms with E-state index in [-0.39, 0.29) is 0 Å². The Morgan fingerprint density at radius 1 is 1.56 bits per heavy atom. The lowest BCUT2D eigenvalue weighted by Gasteiger charge is -2.14. The zero-order chi connectivity index (χ0) is 12.0. The monoisotopic (exact) mass is 219 g/mol. The number of rotatable bonds is 5. The number of aryl methyl sites for hydroxylation is 2. The van der Waals surface area contributed by atoms with E-state index < -0.39 is 0 Å². The quantitative estimate of drug-likeness (QED) is 0.768. The molecule has 0 spiro atoms. The van der Waals surface area contributed by atoms with Gasteiger partial charge in [0.1, 0.15) is 0 Å². The molecule has 3 nitrogen and oxygen atoms in total. The third kappa shape index (κ3) is 3.11. The number of aromatic nitrogens is 2. The van der Waals surface area contributed by atoms with Gasteiger partial charge in [-0.15, -0.1) is 11.8 Å². The van der Waals surface area contributed by atoms with Gasteiger partial charge in [0.25, 0.3) is 0 Å². The minimum atomic E-state index is 0.346. The van der Waals surface area contributed by atoms with Crippen molar-refractivity contribution >= 4 is 0 Å². The molecule has 1 rings (SSSR count). The molecule has 1 aromatic heterocycles. The third-order valence-corrected chi connectivity index (χ3v) is 2.77. The maximum atomic E-state index is 4.47. The average molecular weight is 219 g/mol. The van der Waals surface area contributed by atoms with Crippen LogP contribution in [0.5, 0.6) is 0 Å². The Kier molecular flexibility index (Phi) is 5.07. The van der Waals surface area contributed by atoms with Gasteiger partial charge in [-0.25, -0.2) is 0 Å². The van der Waals surface area contributed by atoms with Crippen molar-refractivity contribution in [3.63, 3.8) is 0 Å². The normalized spacial score (nSPS) is 12.0. The van der Waals surface area contributed by atoms with Crippen molar-refractivity contribution in [2.45, 2.75) is 39.2 Å². The van der Waals surface area contributed by atoms with Crippen LogP contribution in [-0.4, -0.2) is 16.8 Å². The molecule has 1 atom stereocenters. The van der Waals surface area contributed by atoms with E-state index in [0.717, 1.165) is 25.0 Å². The second-order valence-corrected chi connectivity index (χ2v) is 3.84. The van der Waals surface area contributed by atoms with Gasteiger partial charge in [-0.3, -0.25) is 4.68 Å². The Hall–Kier alpha value is -1.27. The maximum absolute atomic E-state index is 4.47. The fourth-order valence-corrected chi connectivity index (χ4v) is 1.82. The van der Waals surface area contributed by atoms with Crippen molar-refractivity contribution in [1.29, 1.82) is 0 Å². The fraction of sp³-hybridized carbons (Fsp3) is 0.615. The number of nitrogens with one attached hydrogen (secondary N) is 1. The molecule has 0 aliphatic heterocycles. The first-order valence-corrected chi connectivity index (χ1v) is 5.82. The van der Waals surface area contributed by atoms with E-state index in [1.807, 2.05) is 25.7 Å². The van der Waals surface area contributed by atoms with Gasteiger partial charge in [-0.1, -0.05) is 6.92 Å². The molecule has 0 aromatic carbocycles. The molecule has 88 valence electrons. The van der Waals surface area contributed by atoms with Crippen LogP contribution < -0.4 is 5.32 Å². The molecule has 3 heteroatoms. The van der Waals surface area contributed by atoms with Crippen molar-refractivity contribution in [2.24, 2.45) is 7.05 Å². The van der Waals surface area contributed by atoms with Crippen LogP contribution in [0.25, 0.3) is 0 Å². The first-order valence-electron chi connectivity index (χ1n) is 5.82. The zero-order valence-electron chi connectivity index (χ0n) is 10.7. The largest absolute Gasteiger partial charge is 0.312 e. The number of hydrogen-bond donors (Lipinski definition) is 1. The summed E-state index contributed by atoms with van der Waals surface area (Å²) >= 11 is 0. The zero-order valence-corrected chi connectivity index (χ0v) is 10.7. The molecule has 1 unspecified atom stereocenters. The van der Waals surface area contributed by atoms with Gasteiger partial charge in [0.15, 0.2) is 0 Å². The standard InChI is InChI=1S/C13H21N3/c1-5-7-8-9-12(14-3)13-10-11(6-2)15-16(13)4/h10,12,14H,6,8-9H2,1-4H3. The Morgan fingerprint density at radius 2 is 2.31 bits per heavy atom. The molecule has 1 aromatic rings. The molecule has 16 heavy (non-hydrogen) atoms. The van der Waals surface area contributed by atoms with E-state index >= 15 is 0 Å². The molecular weight excluding hydrogens is 198 g/mol. The Morgan fingerprint density at radius 3 is 2.81 bits per heavy atom. The first kappa shape index (κ1) is 12.8. The van der Waals surface area contributed by atoms with Crippen molar-refractivity contribution in [3.8, 4) is 11.8 Å². The van der Waals surface area contributed by atoms with E-state index in [4.69, 9.17) is 0 Å². The summed E-state index contributed by atoms with van der Waals surface area (Å²) < 4.78 is 1.97. The summed E-state index contributed by atoms with van der Waals surface area (Å²) in [7, 11) is 3.99. The minimum Gasteiger partial charge on any atom is -0.312 e. The van der Waals surface area contributed by atoms with Crippen LogP contribution in [0.4, 0.5) is 0 Å². The highest BCUT2D eigenvalue weighted by Gasteiger charge is 2.13. The number of nitrogens with zero attached hydrogens (tertiary/aromatic N) is 2. The molecular formula is C13H21N3. The predicted molar refractivity (Wildman–Crippen MR) is 67.1 cm³/mol. The van der Waals surface area contributed by atoms with Crippen LogP contribution in [-0.2, 0) is 13.5 Å². The van der Waals surface area contributed by atoms with Gasteiger partial charge >= 0.3 is 0 Å². The van der Waals surface area contributed by atoms with Crippen LogP contribution in [0.15, 0.2) is 6.07 Å². The fourth-order valence-electron chi connectivity index (χ4n) is 1.82. The first-order chi connectivity index (χ1) is 7.72. The molecule has 0 aliphatic rings. The highest BCUT2D eigenvalue weighted by atomic mass is 15.3. The second-order valence-electron chi connectivity index (χ2n) is 3.84. The van der Waals surface area contributed by atoms with Gasteiger partial charge in [-0.05, 0) is 32.9 Å². The average Bonchev–Trinajstić information content (AvgIpc) is 2.66. The SMILES string of the molecule is CC#CCCC(NC)c1cc(CC)nn1C. The summed E-state index contributed by atoms with van der Waals surface area (Å²) in [6.45, 7) is 4.01. The molecule has 1 N–H and O–H groups in total. The highest BCUT2D eigenvalue weighted by molar-refractivity contribution is 5.14. The third-order valence-electron chi connectivity index (χ3n) is 2.77.